The van der Waals surface area contributed by atoms with E-state index in [0.29, 0.717) is 18.4 Å². The Morgan fingerprint density at radius 2 is 1.42 bits per heavy atom. The van der Waals surface area contributed by atoms with E-state index in [4.69, 9.17) is 0 Å². The number of hydrogen-bond donors (Lipinski definition) is 8. The van der Waals surface area contributed by atoms with Gasteiger partial charge in [-0.1, -0.05) is 68.7 Å². The summed E-state index contributed by atoms with van der Waals surface area (Å²) in [5.74, 6) is -3.83. The quantitative estimate of drug-likeness (QED) is 0.164. The predicted molar refractivity (Wildman–Crippen MR) is 196 cm³/mol. The molecule has 1 saturated heterocycles. The molecule has 13 nitrogen and oxygen atoms in total. The molecule has 1 aliphatic heterocycles. The van der Waals surface area contributed by atoms with E-state index in [0.717, 1.165) is 28.5 Å². The number of fused-ring (bicyclic) bond motifs is 2. The maximum Gasteiger partial charge on any atom is 0.245 e. The topological polar surface area (TPSA) is 202 Å². The molecule has 0 saturated carbocycles. The molecule has 8 N–H and O–H groups in total. The Kier molecular flexibility index (Phi) is 12.4. The standard InChI is InChI=1S/C39H50N6O7/c1-5-6-10-30-36(49)45-34(23(4)46)39(52)44-33-22(3)16-21(2)17-28(33)35(48)42-31(18-24-12-14-26(47)15-13-24)37(50)43-32(38(51)41-30)19-25-20-40-29-11-8-7-9-27(25)29/h7-9,11-16,20-21,23,28,30-34,40,46-47H,5-6,10,17-19H2,1-4H3,(H,41,51)(H,42,48)(H,43,50)(H,44,52)(H,45,49)/t21-,23+,28-,30-,31-,32+,33+,34-/m0/s1. The van der Waals surface area contributed by atoms with Gasteiger partial charge >= 0.3 is 0 Å². The number of para-hydroxylation sites is 1. The lowest BCUT2D eigenvalue weighted by atomic mass is 9.78. The normalized spacial score (nSPS) is 27.0. The Bertz CT molecular complexity index is 1800. The lowest BCUT2D eigenvalue weighted by Crippen LogP contribution is -2.63. The number of aromatic hydroxyl groups is 1. The van der Waals surface area contributed by atoms with Crippen LogP contribution in [-0.4, -0.2) is 81.0 Å². The van der Waals surface area contributed by atoms with E-state index in [1.807, 2.05) is 44.2 Å². The smallest absolute Gasteiger partial charge is 0.245 e. The van der Waals surface area contributed by atoms with E-state index >= 15 is 0 Å². The second-order valence-electron chi connectivity index (χ2n) is 14.2. The Labute approximate surface area is 303 Å². The van der Waals surface area contributed by atoms with Gasteiger partial charge in [0.15, 0.2) is 0 Å². The highest BCUT2D eigenvalue weighted by molar-refractivity contribution is 5.97. The molecule has 0 radical (unpaired) electrons. The first-order valence-electron chi connectivity index (χ1n) is 18.1. The maximum atomic E-state index is 14.3. The van der Waals surface area contributed by atoms with Crippen molar-refractivity contribution in [1.29, 1.82) is 0 Å². The van der Waals surface area contributed by atoms with Gasteiger partial charge in [-0.2, -0.15) is 0 Å². The number of aliphatic hydroxyl groups excluding tert-OH is 1. The highest BCUT2D eigenvalue weighted by atomic mass is 16.3. The Morgan fingerprint density at radius 1 is 0.788 bits per heavy atom. The monoisotopic (exact) mass is 714 g/mol. The molecular weight excluding hydrogens is 664 g/mol. The summed E-state index contributed by atoms with van der Waals surface area (Å²) in [6, 6.07) is 8.28. The van der Waals surface area contributed by atoms with Crippen LogP contribution in [0.15, 0.2) is 66.4 Å². The number of H-pyrrole nitrogens is 1. The van der Waals surface area contributed by atoms with Gasteiger partial charge in [0.1, 0.15) is 29.9 Å². The van der Waals surface area contributed by atoms with Crippen LogP contribution in [0.3, 0.4) is 0 Å². The molecule has 1 aliphatic carbocycles. The van der Waals surface area contributed by atoms with E-state index in [1.165, 1.54) is 19.1 Å². The molecule has 0 unspecified atom stereocenters. The van der Waals surface area contributed by atoms with Crippen LogP contribution in [0.4, 0.5) is 0 Å². The maximum absolute atomic E-state index is 14.3. The summed E-state index contributed by atoms with van der Waals surface area (Å²) in [7, 11) is 0. The fraction of sp³-hybridized carbons (Fsp3) is 0.462. The third kappa shape index (κ3) is 9.19. The molecule has 52 heavy (non-hydrogen) atoms. The van der Waals surface area contributed by atoms with Gasteiger partial charge in [-0.25, -0.2) is 0 Å². The average molecular weight is 715 g/mol. The number of carbonyl (C=O) groups is 5. The van der Waals surface area contributed by atoms with Crippen LogP contribution in [0.5, 0.6) is 5.75 Å². The zero-order valence-electron chi connectivity index (χ0n) is 30.1. The zero-order chi connectivity index (χ0) is 37.5. The van der Waals surface area contributed by atoms with E-state index in [1.54, 1.807) is 25.3 Å². The summed E-state index contributed by atoms with van der Waals surface area (Å²) in [6.45, 7) is 7.10. The molecule has 13 heteroatoms. The molecule has 2 aromatic carbocycles. The number of phenols is 1. The van der Waals surface area contributed by atoms with Crippen molar-refractivity contribution in [3.63, 3.8) is 0 Å². The number of hydrogen-bond acceptors (Lipinski definition) is 7. The van der Waals surface area contributed by atoms with Crippen LogP contribution in [0.2, 0.25) is 0 Å². The van der Waals surface area contributed by atoms with Crippen LogP contribution in [0, 0.1) is 11.8 Å². The molecule has 0 spiro atoms. The van der Waals surface area contributed by atoms with Gasteiger partial charge in [-0.15, -0.1) is 0 Å². The van der Waals surface area contributed by atoms with Crippen molar-refractivity contribution in [3.8, 4) is 5.75 Å². The number of phenolic OH excluding ortho intramolecular Hbond substituents is 1. The first kappa shape index (κ1) is 38.1. The minimum Gasteiger partial charge on any atom is -0.508 e. The van der Waals surface area contributed by atoms with Crippen LogP contribution in [-0.2, 0) is 36.8 Å². The SMILES string of the molecule is CCCC[C@@H]1NC(=O)[C@@H](Cc2c[nH]c3ccccc23)NC(=O)[C@H](Cc2ccc(O)cc2)NC(=O)[C@H]2C[C@@H](C)C=C(C)[C@H]2NC(=O)[C@H]([C@@H](C)O)NC1=O. The second-order valence-corrected chi connectivity index (χ2v) is 14.2. The minimum absolute atomic E-state index is 0.0188. The molecule has 278 valence electrons. The Morgan fingerprint density at radius 3 is 2.12 bits per heavy atom. The predicted octanol–water partition coefficient (Wildman–Crippen LogP) is 2.27. The number of aromatic amines is 1. The number of aliphatic hydroxyl groups is 1. The van der Waals surface area contributed by atoms with E-state index < -0.39 is 71.8 Å². The van der Waals surface area contributed by atoms with Crippen molar-refractivity contribution in [2.24, 2.45) is 11.8 Å². The van der Waals surface area contributed by atoms with E-state index in [-0.39, 0.29) is 30.9 Å². The molecule has 3 aromatic rings. The molecule has 5 rings (SSSR count). The van der Waals surface area contributed by atoms with Gasteiger partial charge in [0.05, 0.1) is 18.1 Å². The third-order valence-corrected chi connectivity index (χ3v) is 9.98. The second kappa shape index (κ2) is 16.9. The van der Waals surface area contributed by atoms with Gasteiger partial charge in [0.25, 0.3) is 0 Å². The van der Waals surface area contributed by atoms with Crippen molar-refractivity contribution >= 4 is 40.4 Å². The summed E-state index contributed by atoms with van der Waals surface area (Å²) >= 11 is 0. The van der Waals surface area contributed by atoms with Crippen LogP contribution >= 0.6 is 0 Å². The summed E-state index contributed by atoms with van der Waals surface area (Å²) in [6.07, 6.45) is 4.46. The van der Waals surface area contributed by atoms with Crippen molar-refractivity contribution < 1.29 is 34.2 Å². The first-order valence-corrected chi connectivity index (χ1v) is 18.1. The van der Waals surface area contributed by atoms with Crippen LogP contribution < -0.4 is 26.6 Å². The van der Waals surface area contributed by atoms with Crippen LogP contribution in [0.25, 0.3) is 10.9 Å². The summed E-state index contributed by atoms with van der Waals surface area (Å²) in [5.41, 5.74) is 2.99. The van der Waals surface area contributed by atoms with Crippen molar-refractivity contribution in [2.45, 2.75) is 103 Å². The zero-order valence-corrected chi connectivity index (χ0v) is 30.1. The van der Waals surface area contributed by atoms with Gasteiger partial charge in [-0.3, -0.25) is 24.0 Å². The van der Waals surface area contributed by atoms with Crippen molar-refractivity contribution in [2.75, 3.05) is 0 Å². The number of aromatic nitrogens is 1. The van der Waals surface area contributed by atoms with Crippen molar-refractivity contribution in [3.05, 3.63) is 77.5 Å². The Balaban J connectivity index is 1.57. The van der Waals surface area contributed by atoms with Crippen LogP contribution in [0.1, 0.15) is 64.5 Å². The molecule has 0 bridgehead atoms. The largest absolute Gasteiger partial charge is 0.508 e. The fourth-order valence-electron chi connectivity index (χ4n) is 7.16. The highest BCUT2D eigenvalue weighted by Gasteiger charge is 2.40. The summed E-state index contributed by atoms with van der Waals surface area (Å²) in [4.78, 5) is 73.4. The lowest BCUT2D eigenvalue weighted by Gasteiger charge is -2.36. The molecule has 2 aliphatic rings. The molecule has 1 aromatic heterocycles. The summed E-state index contributed by atoms with van der Waals surface area (Å²) in [5, 5.41) is 35.6. The lowest BCUT2D eigenvalue weighted by molar-refractivity contribution is -0.137. The summed E-state index contributed by atoms with van der Waals surface area (Å²) < 4.78 is 0. The number of allylic oxidation sites excluding steroid dienone is 1. The molecule has 2 heterocycles. The molecule has 5 amide bonds. The van der Waals surface area contributed by atoms with Gasteiger partial charge in [0.2, 0.25) is 29.5 Å². The third-order valence-electron chi connectivity index (χ3n) is 9.98. The molecule has 8 atom stereocenters. The van der Waals surface area contributed by atoms with Crippen molar-refractivity contribution in [1.82, 2.24) is 31.6 Å². The number of rotatable bonds is 8. The first-order chi connectivity index (χ1) is 24.8. The van der Waals surface area contributed by atoms with Gasteiger partial charge < -0.3 is 41.8 Å². The average Bonchev–Trinajstić information content (AvgIpc) is 3.51. The van der Waals surface area contributed by atoms with Gasteiger partial charge in [-0.05, 0) is 61.9 Å². The van der Waals surface area contributed by atoms with Gasteiger partial charge in [0, 0.05) is 29.9 Å². The van der Waals surface area contributed by atoms with E-state index in [9.17, 15) is 34.2 Å². The minimum atomic E-state index is -1.37. The Hall–Kier alpha value is -5.17. The highest BCUT2D eigenvalue weighted by Crippen LogP contribution is 2.29. The number of unbranched alkanes of at least 4 members (excludes halogenated alkanes) is 1. The molecule has 1 fully saturated rings. The number of carbonyl (C=O) groups excluding carboxylic acids is 5. The number of nitrogens with one attached hydrogen (secondary N) is 6. The number of benzene rings is 2. The fourth-order valence-corrected chi connectivity index (χ4v) is 7.16. The van der Waals surface area contributed by atoms with E-state index in [2.05, 4.69) is 31.6 Å². The molecular formula is C39H50N6O7. The number of amides is 5.